The van der Waals surface area contributed by atoms with Gasteiger partial charge in [0.25, 0.3) is 5.91 Å². The molecule has 0 saturated carbocycles. The Bertz CT molecular complexity index is 673. The van der Waals surface area contributed by atoms with Gasteiger partial charge in [0.05, 0.1) is 12.7 Å². The average molecular weight is 305 g/mol. The van der Waals surface area contributed by atoms with Gasteiger partial charge >= 0.3 is 0 Å². The first-order valence-corrected chi connectivity index (χ1v) is 7.06. The molecule has 116 valence electrons. The van der Waals surface area contributed by atoms with Gasteiger partial charge in [-0.05, 0) is 24.6 Å². The number of quaternary nitrogens is 1. The number of rotatable bonds is 5. The van der Waals surface area contributed by atoms with E-state index in [1.165, 1.54) is 17.2 Å². The van der Waals surface area contributed by atoms with E-state index in [1.807, 2.05) is 38.2 Å². The highest BCUT2D eigenvalue weighted by Gasteiger charge is 2.13. The maximum atomic E-state index is 13.5. The molecule has 0 radical (unpaired) electrons. The van der Waals surface area contributed by atoms with Crippen LogP contribution < -0.4 is 10.2 Å². The van der Waals surface area contributed by atoms with E-state index in [0.29, 0.717) is 6.54 Å². The fourth-order valence-electron chi connectivity index (χ4n) is 2.26. The molecule has 2 aromatic carbocycles. The summed E-state index contributed by atoms with van der Waals surface area (Å²) in [6.07, 6.45) is 0. The average Bonchev–Trinajstić information content (AvgIpc) is 2.44. The third-order valence-corrected chi connectivity index (χ3v) is 3.42. The van der Waals surface area contributed by atoms with Gasteiger partial charge in [0.15, 0.2) is 6.54 Å². The second-order valence-electron chi connectivity index (χ2n) is 5.41. The molecule has 22 heavy (non-hydrogen) atoms. The highest BCUT2D eigenvalue weighted by molar-refractivity contribution is 5.91. The number of hydrogen-bond acceptors (Lipinski definition) is 1. The van der Waals surface area contributed by atoms with E-state index in [4.69, 9.17) is 0 Å². The molecule has 2 N–H and O–H groups in total. The van der Waals surface area contributed by atoms with Crippen molar-refractivity contribution in [3.8, 4) is 0 Å². The molecule has 0 saturated heterocycles. The van der Waals surface area contributed by atoms with Crippen molar-refractivity contribution in [3.05, 3.63) is 65.2 Å². The summed E-state index contributed by atoms with van der Waals surface area (Å²) in [4.78, 5) is 12.9. The van der Waals surface area contributed by atoms with Crippen LogP contribution in [0.2, 0.25) is 0 Å². The van der Waals surface area contributed by atoms with Gasteiger partial charge in [-0.1, -0.05) is 24.3 Å². The number of amides is 1. The quantitative estimate of drug-likeness (QED) is 0.869. The SMILES string of the molecule is Cc1ccccc1C[NH+](C)CC(=O)Nc1ccc(F)cc1F. The normalized spacial score (nSPS) is 12.0. The highest BCUT2D eigenvalue weighted by Crippen LogP contribution is 2.14. The van der Waals surface area contributed by atoms with Crippen molar-refractivity contribution in [1.82, 2.24) is 0 Å². The van der Waals surface area contributed by atoms with Crippen LogP contribution in [-0.4, -0.2) is 19.5 Å². The summed E-state index contributed by atoms with van der Waals surface area (Å²) in [6.45, 7) is 2.92. The molecule has 0 aliphatic carbocycles. The van der Waals surface area contributed by atoms with Gasteiger partial charge in [0.1, 0.15) is 18.2 Å². The molecule has 0 aromatic heterocycles. The predicted octanol–water partition coefficient (Wildman–Crippen LogP) is 1.93. The van der Waals surface area contributed by atoms with Gasteiger partial charge < -0.3 is 10.2 Å². The maximum Gasteiger partial charge on any atom is 0.279 e. The Kier molecular flexibility index (Phi) is 5.22. The van der Waals surface area contributed by atoms with E-state index >= 15 is 0 Å². The molecule has 0 bridgehead atoms. The molecule has 1 unspecified atom stereocenters. The molecule has 3 nitrogen and oxygen atoms in total. The summed E-state index contributed by atoms with van der Waals surface area (Å²) in [5.41, 5.74) is 2.34. The number of carbonyl (C=O) groups is 1. The minimum atomic E-state index is -0.773. The summed E-state index contributed by atoms with van der Waals surface area (Å²) in [6, 6.07) is 11.1. The molecular formula is C17H19F2N2O+. The third kappa shape index (κ3) is 4.36. The van der Waals surface area contributed by atoms with Gasteiger partial charge in [-0.3, -0.25) is 4.79 Å². The van der Waals surface area contributed by atoms with E-state index in [1.54, 1.807) is 0 Å². The minimum Gasteiger partial charge on any atom is -0.326 e. The van der Waals surface area contributed by atoms with Crippen LogP contribution in [0.15, 0.2) is 42.5 Å². The number of anilines is 1. The zero-order chi connectivity index (χ0) is 16.1. The van der Waals surface area contributed by atoms with Crippen LogP contribution in [0.4, 0.5) is 14.5 Å². The van der Waals surface area contributed by atoms with Gasteiger partial charge in [-0.2, -0.15) is 0 Å². The molecule has 1 atom stereocenters. The Morgan fingerprint density at radius 3 is 2.59 bits per heavy atom. The zero-order valence-electron chi connectivity index (χ0n) is 12.6. The van der Waals surface area contributed by atoms with Crippen LogP contribution in [0.3, 0.4) is 0 Å². The van der Waals surface area contributed by atoms with Gasteiger partial charge in [-0.25, -0.2) is 8.78 Å². The number of nitrogens with one attached hydrogen (secondary N) is 2. The van der Waals surface area contributed by atoms with Crippen molar-refractivity contribution in [3.63, 3.8) is 0 Å². The van der Waals surface area contributed by atoms with Crippen LogP contribution in [0.1, 0.15) is 11.1 Å². The second kappa shape index (κ2) is 7.13. The van der Waals surface area contributed by atoms with Crippen LogP contribution in [0.5, 0.6) is 0 Å². The molecular weight excluding hydrogens is 286 g/mol. The minimum absolute atomic E-state index is 0.00454. The Morgan fingerprint density at radius 2 is 1.91 bits per heavy atom. The van der Waals surface area contributed by atoms with Crippen LogP contribution in [-0.2, 0) is 11.3 Å². The Morgan fingerprint density at radius 1 is 1.18 bits per heavy atom. The lowest BCUT2D eigenvalue weighted by Crippen LogP contribution is -3.08. The van der Waals surface area contributed by atoms with Crippen molar-refractivity contribution >= 4 is 11.6 Å². The van der Waals surface area contributed by atoms with Crippen LogP contribution >= 0.6 is 0 Å². The predicted molar refractivity (Wildman–Crippen MR) is 81.6 cm³/mol. The van der Waals surface area contributed by atoms with Gasteiger partial charge in [0, 0.05) is 11.6 Å². The molecule has 2 aromatic rings. The maximum absolute atomic E-state index is 13.5. The van der Waals surface area contributed by atoms with Crippen molar-refractivity contribution in [2.75, 3.05) is 18.9 Å². The van der Waals surface area contributed by atoms with E-state index < -0.39 is 11.6 Å². The third-order valence-electron chi connectivity index (χ3n) is 3.42. The van der Waals surface area contributed by atoms with Crippen molar-refractivity contribution in [1.29, 1.82) is 0 Å². The van der Waals surface area contributed by atoms with E-state index in [9.17, 15) is 13.6 Å². The number of hydrogen-bond donors (Lipinski definition) is 2. The largest absolute Gasteiger partial charge is 0.326 e. The fourth-order valence-corrected chi connectivity index (χ4v) is 2.26. The number of likely N-dealkylation sites (N-methyl/N-ethyl adjacent to an activating group) is 1. The molecule has 0 fully saturated rings. The van der Waals surface area contributed by atoms with E-state index in [-0.39, 0.29) is 18.1 Å². The second-order valence-corrected chi connectivity index (χ2v) is 5.41. The lowest BCUT2D eigenvalue weighted by atomic mass is 10.1. The standard InChI is InChI=1S/C17H18F2N2O/c1-12-5-3-4-6-13(12)10-21(2)11-17(22)20-16-8-7-14(18)9-15(16)19/h3-9H,10-11H2,1-2H3,(H,20,22)/p+1. The fraction of sp³-hybridized carbons (Fsp3) is 0.235. The lowest BCUT2D eigenvalue weighted by Gasteiger charge is -2.15. The summed E-state index contributed by atoms with van der Waals surface area (Å²) < 4.78 is 26.3. The topological polar surface area (TPSA) is 33.5 Å². The zero-order valence-corrected chi connectivity index (χ0v) is 12.6. The van der Waals surface area contributed by atoms with Crippen molar-refractivity contribution in [2.24, 2.45) is 0 Å². The summed E-state index contributed by atoms with van der Waals surface area (Å²) >= 11 is 0. The number of aryl methyl sites for hydroxylation is 1. The molecule has 2 rings (SSSR count). The Labute approximate surface area is 128 Å². The Balaban J connectivity index is 1.93. The number of benzene rings is 2. The molecule has 0 aliphatic rings. The smallest absolute Gasteiger partial charge is 0.279 e. The first-order chi connectivity index (χ1) is 10.5. The molecule has 0 heterocycles. The van der Waals surface area contributed by atoms with Gasteiger partial charge in [-0.15, -0.1) is 0 Å². The summed E-state index contributed by atoms with van der Waals surface area (Å²) in [5, 5.41) is 2.47. The summed E-state index contributed by atoms with van der Waals surface area (Å²) in [7, 11) is 1.90. The van der Waals surface area contributed by atoms with E-state index in [0.717, 1.165) is 17.0 Å². The van der Waals surface area contributed by atoms with Crippen LogP contribution in [0.25, 0.3) is 0 Å². The Hall–Kier alpha value is -2.27. The summed E-state index contributed by atoms with van der Waals surface area (Å²) in [5.74, 6) is -1.75. The number of halogens is 2. The first-order valence-electron chi connectivity index (χ1n) is 7.06. The highest BCUT2D eigenvalue weighted by atomic mass is 19.1. The molecule has 1 amide bonds. The number of carbonyl (C=O) groups excluding carboxylic acids is 1. The van der Waals surface area contributed by atoms with Gasteiger partial charge in [0.2, 0.25) is 0 Å². The monoisotopic (exact) mass is 305 g/mol. The van der Waals surface area contributed by atoms with Crippen molar-refractivity contribution < 1.29 is 18.5 Å². The van der Waals surface area contributed by atoms with Crippen molar-refractivity contribution in [2.45, 2.75) is 13.5 Å². The molecule has 0 spiro atoms. The first kappa shape index (κ1) is 16.1. The molecule has 0 aliphatic heterocycles. The lowest BCUT2D eigenvalue weighted by molar-refractivity contribution is -0.885. The van der Waals surface area contributed by atoms with E-state index in [2.05, 4.69) is 5.32 Å². The van der Waals surface area contributed by atoms with Crippen LogP contribution in [0, 0.1) is 18.6 Å². The molecule has 5 heteroatoms.